The summed E-state index contributed by atoms with van der Waals surface area (Å²) in [5.74, 6) is -0.208. The van der Waals surface area contributed by atoms with Crippen molar-refractivity contribution in [1.82, 2.24) is 10.2 Å². The molecule has 2 aromatic rings. The van der Waals surface area contributed by atoms with Gasteiger partial charge in [-0.25, -0.2) is 0 Å². The SMILES string of the molecule is CC(=O)NC(CC(=O)N(CCCN)Cc1ccccc1)c1ccc(Cl)cc1. The molecule has 0 saturated carbocycles. The summed E-state index contributed by atoms with van der Waals surface area (Å²) in [4.78, 5) is 26.4. The third-order valence-electron chi connectivity index (χ3n) is 4.23. The summed E-state index contributed by atoms with van der Waals surface area (Å²) in [6.45, 7) is 3.07. The fourth-order valence-corrected chi connectivity index (χ4v) is 3.00. The fourth-order valence-electron chi connectivity index (χ4n) is 2.87. The van der Waals surface area contributed by atoms with E-state index in [1.54, 1.807) is 17.0 Å². The molecule has 0 spiro atoms. The molecule has 5 nitrogen and oxygen atoms in total. The van der Waals surface area contributed by atoms with E-state index in [9.17, 15) is 9.59 Å². The van der Waals surface area contributed by atoms with E-state index in [1.807, 2.05) is 42.5 Å². The van der Waals surface area contributed by atoms with Gasteiger partial charge in [-0.05, 0) is 36.2 Å². The molecule has 0 fully saturated rings. The van der Waals surface area contributed by atoms with Gasteiger partial charge in [-0.1, -0.05) is 54.1 Å². The Balaban J connectivity index is 2.14. The first kappa shape index (κ1) is 20.9. The van der Waals surface area contributed by atoms with Crippen LogP contribution in [0.3, 0.4) is 0 Å². The van der Waals surface area contributed by atoms with Gasteiger partial charge in [0.2, 0.25) is 11.8 Å². The molecule has 0 bridgehead atoms. The number of halogens is 1. The number of hydrogen-bond acceptors (Lipinski definition) is 3. The first-order valence-electron chi connectivity index (χ1n) is 9.04. The number of nitrogens with one attached hydrogen (secondary N) is 1. The zero-order valence-corrected chi connectivity index (χ0v) is 16.3. The minimum absolute atomic E-state index is 0.0268. The maximum absolute atomic E-state index is 13.0. The van der Waals surface area contributed by atoms with E-state index in [0.29, 0.717) is 24.7 Å². The van der Waals surface area contributed by atoms with Gasteiger partial charge in [0.05, 0.1) is 12.5 Å². The molecule has 2 rings (SSSR count). The highest BCUT2D eigenvalue weighted by atomic mass is 35.5. The summed E-state index contributed by atoms with van der Waals surface area (Å²) in [7, 11) is 0. The van der Waals surface area contributed by atoms with Crippen molar-refractivity contribution in [2.75, 3.05) is 13.1 Å². The van der Waals surface area contributed by atoms with Crippen LogP contribution in [0.15, 0.2) is 54.6 Å². The Hall–Kier alpha value is -2.37. The molecular weight excluding hydrogens is 362 g/mol. The third kappa shape index (κ3) is 7.04. The number of nitrogens with two attached hydrogens (primary N) is 1. The Kier molecular flexibility index (Phi) is 8.30. The van der Waals surface area contributed by atoms with Crippen LogP contribution in [0.1, 0.15) is 36.9 Å². The number of hydrogen-bond donors (Lipinski definition) is 2. The van der Waals surface area contributed by atoms with E-state index < -0.39 is 6.04 Å². The lowest BCUT2D eigenvalue weighted by atomic mass is 10.0. The summed E-state index contributed by atoms with van der Waals surface area (Å²) >= 11 is 5.95. The lowest BCUT2D eigenvalue weighted by Crippen LogP contribution is -2.36. The van der Waals surface area contributed by atoms with Crippen molar-refractivity contribution < 1.29 is 9.59 Å². The molecule has 1 unspecified atom stereocenters. The molecule has 27 heavy (non-hydrogen) atoms. The monoisotopic (exact) mass is 387 g/mol. The van der Waals surface area contributed by atoms with Crippen molar-refractivity contribution >= 4 is 23.4 Å². The van der Waals surface area contributed by atoms with Gasteiger partial charge in [0.15, 0.2) is 0 Å². The second kappa shape index (κ2) is 10.7. The predicted molar refractivity (Wildman–Crippen MR) is 108 cm³/mol. The molecule has 144 valence electrons. The Morgan fingerprint density at radius 1 is 1.11 bits per heavy atom. The van der Waals surface area contributed by atoms with Crippen molar-refractivity contribution in [3.8, 4) is 0 Å². The molecule has 2 aromatic carbocycles. The summed E-state index contributed by atoms with van der Waals surface area (Å²) in [5, 5.41) is 3.48. The Morgan fingerprint density at radius 2 is 1.78 bits per heavy atom. The van der Waals surface area contributed by atoms with Crippen LogP contribution < -0.4 is 11.1 Å². The Morgan fingerprint density at radius 3 is 2.37 bits per heavy atom. The standard InChI is InChI=1S/C21H26ClN3O2/c1-16(26)24-20(18-8-10-19(22)11-9-18)14-21(27)25(13-5-12-23)15-17-6-3-2-4-7-17/h2-4,6-11,20H,5,12-15,23H2,1H3,(H,24,26). The predicted octanol–water partition coefficient (Wildman–Crippen LogP) is 3.28. The van der Waals surface area contributed by atoms with Crippen LogP contribution in [0.25, 0.3) is 0 Å². The minimum Gasteiger partial charge on any atom is -0.349 e. The van der Waals surface area contributed by atoms with E-state index in [2.05, 4.69) is 5.32 Å². The molecule has 0 aliphatic carbocycles. The summed E-state index contributed by atoms with van der Waals surface area (Å²) in [6.07, 6.45) is 0.906. The van der Waals surface area contributed by atoms with Crippen molar-refractivity contribution in [1.29, 1.82) is 0 Å². The number of carbonyl (C=O) groups is 2. The van der Waals surface area contributed by atoms with E-state index >= 15 is 0 Å². The lowest BCUT2D eigenvalue weighted by Gasteiger charge is -2.26. The molecular formula is C21H26ClN3O2. The van der Waals surface area contributed by atoms with Gasteiger partial charge >= 0.3 is 0 Å². The van der Waals surface area contributed by atoms with E-state index in [-0.39, 0.29) is 18.2 Å². The quantitative estimate of drug-likeness (QED) is 0.693. The first-order valence-corrected chi connectivity index (χ1v) is 9.41. The first-order chi connectivity index (χ1) is 13.0. The number of carbonyl (C=O) groups excluding carboxylic acids is 2. The normalized spacial score (nSPS) is 11.7. The van der Waals surface area contributed by atoms with Gasteiger partial charge < -0.3 is 16.0 Å². The summed E-state index contributed by atoms with van der Waals surface area (Å²) < 4.78 is 0. The molecule has 0 aliphatic heterocycles. The molecule has 0 radical (unpaired) electrons. The number of benzene rings is 2. The second-order valence-corrected chi connectivity index (χ2v) is 6.89. The maximum Gasteiger partial charge on any atom is 0.225 e. The largest absolute Gasteiger partial charge is 0.349 e. The molecule has 6 heteroatoms. The molecule has 3 N–H and O–H groups in total. The number of rotatable bonds is 9. The van der Waals surface area contributed by atoms with Gasteiger partial charge in [0.1, 0.15) is 0 Å². The highest BCUT2D eigenvalue weighted by Crippen LogP contribution is 2.21. The average Bonchev–Trinajstić information content (AvgIpc) is 2.65. The van der Waals surface area contributed by atoms with E-state index in [4.69, 9.17) is 17.3 Å². The van der Waals surface area contributed by atoms with Crippen LogP contribution in [-0.4, -0.2) is 29.8 Å². The van der Waals surface area contributed by atoms with Crippen molar-refractivity contribution in [2.24, 2.45) is 5.73 Å². The lowest BCUT2D eigenvalue weighted by molar-refractivity contribution is -0.132. The van der Waals surface area contributed by atoms with Crippen LogP contribution in [-0.2, 0) is 16.1 Å². The van der Waals surface area contributed by atoms with Gasteiger partial charge in [-0.3, -0.25) is 9.59 Å². The topological polar surface area (TPSA) is 75.4 Å². The maximum atomic E-state index is 13.0. The van der Waals surface area contributed by atoms with Gasteiger partial charge in [-0.15, -0.1) is 0 Å². The van der Waals surface area contributed by atoms with Crippen molar-refractivity contribution in [3.63, 3.8) is 0 Å². The fraction of sp³-hybridized carbons (Fsp3) is 0.333. The highest BCUT2D eigenvalue weighted by molar-refractivity contribution is 6.30. The summed E-state index contributed by atoms with van der Waals surface area (Å²) in [6, 6.07) is 16.6. The van der Waals surface area contributed by atoms with Crippen LogP contribution in [0.2, 0.25) is 5.02 Å². The smallest absolute Gasteiger partial charge is 0.225 e. The Bertz CT molecular complexity index is 735. The molecule has 2 amide bonds. The minimum atomic E-state index is -0.400. The van der Waals surface area contributed by atoms with Crippen LogP contribution >= 0.6 is 11.6 Å². The van der Waals surface area contributed by atoms with Gasteiger partial charge in [0, 0.05) is 25.0 Å². The van der Waals surface area contributed by atoms with Crippen molar-refractivity contribution in [2.45, 2.75) is 32.4 Å². The molecule has 0 aromatic heterocycles. The Labute approximate surface area is 165 Å². The van der Waals surface area contributed by atoms with Crippen LogP contribution in [0.5, 0.6) is 0 Å². The highest BCUT2D eigenvalue weighted by Gasteiger charge is 2.21. The van der Waals surface area contributed by atoms with E-state index in [0.717, 1.165) is 17.5 Å². The zero-order chi connectivity index (χ0) is 19.6. The second-order valence-electron chi connectivity index (χ2n) is 6.45. The number of nitrogens with zero attached hydrogens (tertiary/aromatic N) is 1. The molecule has 0 aliphatic rings. The average molecular weight is 388 g/mol. The van der Waals surface area contributed by atoms with E-state index in [1.165, 1.54) is 6.92 Å². The van der Waals surface area contributed by atoms with Crippen LogP contribution in [0.4, 0.5) is 0 Å². The summed E-state index contributed by atoms with van der Waals surface area (Å²) in [5.41, 5.74) is 7.54. The van der Waals surface area contributed by atoms with Crippen LogP contribution in [0, 0.1) is 0 Å². The molecule has 1 atom stereocenters. The third-order valence-corrected chi connectivity index (χ3v) is 4.48. The molecule has 0 heterocycles. The molecule has 0 saturated heterocycles. The van der Waals surface area contributed by atoms with Gasteiger partial charge in [0.25, 0.3) is 0 Å². The number of amides is 2. The van der Waals surface area contributed by atoms with Crippen molar-refractivity contribution in [3.05, 3.63) is 70.7 Å². The zero-order valence-electron chi connectivity index (χ0n) is 15.5. The van der Waals surface area contributed by atoms with Gasteiger partial charge in [-0.2, -0.15) is 0 Å².